The van der Waals surface area contributed by atoms with Crippen LogP contribution in [0.1, 0.15) is 59.8 Å². The maximum Gasteiger partial charge on any atom is 0.0627 e. The van der Waals surface area contributed by atoms with E-state index in [-0.39, 0.29) is 11.1 Å². The van der Waals surface area contributed by atoms with Gasteiger partial charge in [-0.3, -0.25) is 14.8 Å². The van der Waals surface area contributed by atoms with E-state index in [0.29, 0.717) is 6.17 Å². The predicted octanol–water partition coefficient (Wildman–Crippen LogP) is 3.98. The lowest BCUT2D eigenvalue weighted by atomic mass is 9.78. The van der Waals surface area contributed by atoms with Crippen molar-refractivity contribution in [3.05, 3.63) is 24.5 Å². The smallest absolute Gasteiger partial charge is 0.0627 e. The molecule has 2 aliphatic heterocycles. The number of hydrogen-bond donors (Lipinski definition) is 0. The number of nitrogens with zero attached hydrogens (tertiary/aromatic N) is 4. The van der Waals surface area contributed by atoms with Crippen molar-refractivity contribution in [3.63, 3.8) is 0 Å². The largest absolute Gasteiger partial charge is 0.368 e. The third kappa shape index (κ3) is 3.43. The number of hydrogen-bond acceptors (Lipinski definition) is 4. The van der Waals surface area contributed by atoms with Crippen molar-refractivity contribution < 1.29 is 0 Å². The summed E-state index contributed by atoms with van der Waals surface area (Å²) in [7, 11) is 2.23. The molecule has 140 valence electrons. The van der Waals surface area contributed by atoms with Crippen molar-refractivity contribution in [2.24, 2.45) is 0 Å². The average Bonchev–Trinajstić information content (AvgIpc) is 2.86. The first-order valence-electron chi connectivity index (χ1n) is 10.0. The van der Waals surface area contributed by atoms with E-state index in [1.54, 1.807) is 0 Å². The number of pyridine rings is 1. The minimum atomic E-state index is 0.00364. The van der Waals surface area contributed by atoms with E-state index in [9.17, 15) is 0 Å². The second-order valence-electron chi connectivity index (χ2n) is 8.80. The van der Waals surface area contributed by atoms with E-state index in [1.807, 2.05) is 12.4 Å². The Morgan fingerprint density at radius 3 is 2.36 bits per heavy atom. The number of anilines is 1. The van der Waals surface area contributed by atoms with Crippen molar-refractivity contribution in [1.82, 2.24) is 14.8 Å². The molecule has 0 saturated carbocycles. The fourth-order valence-corrected chi connectivity index (χ4v) is 4.66. The molecule has 1 unspecified atom stereocenters. The molecule has 1 aromatic heterocycles. The molecule has 3 rings (SSSR count). The van der Waals surface area contributed by atoms with E-state index in [0.717, 1.165) is 0 Å². The zero-order valence-electron chi connectivity index (χ0n) is 16.8. The fraction of sp³-hybridized carbons (Fsp3) is 0.762. The highest BCUT2D eigenvalue weighted by Crippen LogP contribution is 2.39. The summed E-state index contributed by atoms with van der Waals surface area (Å²) in [6.07, 6.45) is 11.1. The highest BCUT2D eigenvalue weighted by molar-refractivity contribution is 5.47. The Balaban J connectivity index is 1.87. The monoisotopic (exact) mass is 344 g/mol. The van der Waals surface area contributed by atoms with Gasteiger partial charge >= 0.3 is 0 Å². The van der Waals surface area contributed by atoms with Crippen molar-refractivity contribution in [2.45, 2.75) is 77.0 Å². The molecule has 2 aliphatic rings. The average molecular weight is 345 g/mol. The molecular formula is C21H36N4. The van der Waals surface area contributed by atoms with Crippen LogP contribution in [0.25, 0.3) is 0 Å². The van der Waals surface area contributed by atoms with E-state index in [4.69, 9.17) is 0 Å². The number of rotatable bonds is 4. The Kier molecular flexibility index (Phi) is 5.40. The molecule has 25 heavy (non-hydrogen) atoms. The van der Waals surface area contributed by atoms with Crippen molar-refractivity contribution in [3.8, 4) is 0 Å². The molecule has 0 spiro atoms. The SMILES string of the molecule is CN(c1ccncc1)C(C)(C)C(C)(C)N1CCCN2CCCCCC21. The summed E-state index contributed by atoms with van der Waals surface area (Å²) < 4.78 is 0. The van der Waals surface area contributed by atoms with Gasteiger partial charge in [-0.05, 0) is 65.6 Å². The molecule has 0 bridgehead atoms. The Morgan fingerprint density at radius 1 is 0.960 bits per heavy atom. The van der Waals surface area contributed by atoms with Crippen molar-refractivity contribution in [1.29, 1.82) is 0 Å². The van der Waals surface area contributed by atoms with Crippen molar-refractivity contribution in [2.75, 3.05) is 31.6 Å². The topological polar surface area (TPSA) is 22.6 Å². The summed E-state index contributed by atoms with van der Waals surface area (Å²) in [4.78, 5) is 12.2. The van der Waals surface area contributed by atoms with Crippen LogP contribution in [0.2, 0.25) is 0 Å². The molecule has 0 amide bonds. The van der Waals surface area contributed by atoms with Crippen LogP contribution in [0.4, 0.5) is 5.69 Å². The quantitative estimate of drug-likeness (QED) is 0.824. The van der Waals surface area contributed by atoms with Gasteiger partial charge < -0.3 is 4.90 Å². The van der Waals surface area contributed by atoms with Gasteiger partial charge in [-0.25, -0.2) is 0 Å². The van der Waals surface area contributed by atoms with E-state index in [1.165, 1.54) is 57.4 Å². The molecule has 0 N–H and O–H groups in total. The second kappa shape index (κ2) is 7.24. The van der Waals surface area contributed by atoms with Gasteiger partial charge in [0, 0.05) is 43.8 Å². The molecule has 1 atom stereocenters. The van der Waals surface area contributed by atoms with Gasteiger partial charge in [0.25, 0.3) is 0 Å². The molecule has 0 aromatic carbocycles. The highest BCUT2D eigenvalue weighted by atomic mass is 15.4. The molecule has 0 aliphatic carbocycles. The summed E-state index contributed by atoms with van der Waals surface area (Å²) in [5, 5.41) is 0. The van der Waals surface area contributed by atoms with Crippen LogP contribution in [0.3, 0.4) is 0 Å². The van der Waals surface area contributed by atoms with Crippen LogP contribution >= 0.6 is 0 Å². The number of aromatic nitrogens is 1. The number of likely N-dealkylation sites (N-methyl/N-ethyl adjacent to an activating group) is 1. The Bertz CT molecular complexity index is 554. The maximum atomic E-state index is 4.18. The summed E-state index contributed by atoms with van der Waals surface area (Å²) in [6.45, 7) is 13.4. The third-order valence-electron chi connectivity index (χ3n) is 7.14. The van der Waals surface area contributed by atoms with E-state index in [2.05, 4.69) is 66.6 Å². The molecule has 4 nitrogen and oxygen atoms in total. The van der Waals surface area contributed by atoms with Gasteiger partial charge in [-0.1, -0.05) is 12.8 Å². The van der Waals surface area contributed by atoms with E-state index < -0.39 is 0 Å². The van der Waals surface area contributed by atoms with Crippen LogP contribution in [-0.2, 0) is 0 Å². The van der Waals surface area contributed by atoms with Crippen LogP contribution in [0.5, 0.6) is 0 Å². The van der Waals surface area contributed by atoms with Gasteiger partial charge in [0.1, 0.15) is 0 Å². The first kappa shape index (κ1) is 18.7. The van der Waals surface area contributed by atoms with Gasteiger partial charge in [0.05, 0.1) is 11.7 Å². The zero-order valence-corrected chi connectivity index (χ0v) is 16.8. The van der Waals surface area contributed by atoms with Crippen LogP contribution in [0, 0.1) is 0 Å². The normalized spacial score (nSPS) is 23.8. The summed E-state index contributed by atoms with van der Waals surface area (Å²) >= 11 is 0. The summed E-state index contributed by atoms with van der Waals surface area (Å²) in [6, 6.07) is 4.23. The summed E-state index contributed by atoms with van der Waals surface area (Å²) in [5.41, 5.74) is 1.31. The van der Waals surface area contributed by atoms with Crippen LogP contribution in [-0.4, -0.2) is 58.7 Å². The second-order valence-corrected chi connectivity index (χ2v) is 8.80. The molecular weight excluding hydrogens is 308 g/mol. The predicted molar refractivity (Wildman–Crippen MR) is 106 cm³/mol. The standard InChI is InChI=1S/C21H36N4/c1-20(2,23(5)18-11-13-22-14-12-18)21(3,4)25-17-9-16-24-15-8-6-7-10-19(24)25/h11-14,19H,6-10,15-17H2,1-5H3. The maximum absolute atomic E-state index is 4.18. The van der Waals surface area contributed by atoms with Crippen LogP contribution < -0.4 is 4.90 Å². The molecule has 0 radical (unpaired) electrons. The molecule has 2 fully saturated rings. The minimum absolute atomic E-state index is 0.00364. The van der Waals surface area contributed by atoms with Crippen LogP contribution in [0.15, 0.2) is 24.5 Å². The van der Waals surface area contributed by atoms with Gasteiger partial charge in [0.15, 0.2) is 0 Å². The van der Waals surface area contributed by atoms with Crippen molar-refractivity contribution >= 4 is 5.69 Å². The first-order valence-corrected chi connectivity index (χ1v) is 10.0. The van der Waals surface area contributed by atoms with Gasteiger partial charge in [0.2, 0.25) is 0 Å². The highest BCUT2D eigenvalue weighted by Gasteiger charge is 2.48. The molecule has 1 aromatic rings. The first-order chi connectivity index (χ1) is 11.9. The molecule has 2 saturated heterocycles. The lowest BCUT2D eigenvalue weighted by molar-refractivity contribution is -0.0773. The number of fused-ring (bicyclic) bond motifs is 1. The van der Waals surface area contributed by atoms with Gasteiger partial charge in [-0.15, -0.1) is 0 Å². The zero-order chi connectivity index (χ0) is 18.1. The lowest BCUT2D eigenvalue weighted by Crippen LogP contribution is -2.70. The molecule has 3 heterocycles. The minimum Gasteiger partial charge on any atom is -0.368 e. The third-order valence-corrected chi connectivity index (χ3v) is 7.14. The Morgan fingerprint density at radius 2 is 1.64 bits per heavy atom. The fourth-order valence-electron chi connectivity index (χ4n) is 4.66. The Hall–Kier alpha value is -1.13. The lowest BCUT2D eigenvalue weighted by Gasteiger charge is -2.59. The van der Waals surface area contributed by atoms with E-state index >= 15 is 0 Å². The van der Waals surface area contributed by atoms with Gasteiger partial charge in [-0.2, -0.15) is 0 Å². The summed E-state index contributed by atoms with van der Waals surface area (Å²) in [5.74, 6) is 0. The Labute approximate surface area is 154 Å². The molecule has 4 heteroatoms.